The van der Waals surface area contributed by atoms with E-state index in [1.807, 2.05) is 19.1 Å². The second-order valence-electron chi connectivity index (χ2n) is 8.88. The van der Waals surface area contributed by atoms with Gasteiger partial charge in [0.1, 0.15) is 23.4 Å². The Kier molecular flexibility index (Phi) is 6.74. The zero-order valence-corrected chi connectivity index (χ0v) is 19.8. The number of nitrogens with one attached hydrogen (secondary N) is 3. The molecular formula is C25H24F3N7O2. The molecule has 2 unspecified atom stereocenters. The standard InChI is InChI=1S/C25H24F3N7O2/c1-14-4-5-16(34-20(36)11-17-9-15(6-8-37-17)25(26,27)28)10-19(14)35-23-18(3-2-7-29-23)21-22-24(32-12-30-21)33-13-31-22/h2-5,7,10,12-13,15,17H,6,8-9,11H2,1H3,(H,29,35)(H,34,36)(H,30,31,32,33). The number of anilines is 3. The Morgan fingerprint density at radius 2 is 2.05 bits per heavy atom. The molecule has 4 heterocycles. The Labute approximate surface area is 209 Å². The number of carbonyl (C=O) groups excluding carboxylic acids is 1. The minimum atomic E-state index is -4.28. The van der Waals surface area contributed by atoms with E-state index in [0.29, 0.717) is 39.6 Å². The van der Waals surface area contributed by atoms with Gasteiger partial charge in [0, 0.05) is 29.7 Å². The van der Waals surface area contributed by atoms with Crippen molar-refractivity contribution < 1.29 is 22.7 Å². The van der Waals surface area contributed by atoms with Crippen LogP contribution in [0.1, 0.15) is 24.8 Å². The number of rotatable bonds is 6. The maximum atomic E-state index is 13.1. The third-order valence-corrected chi connectivity index (χ3v) is 6.30. The number of nitrogens with zero attached hydrogens (tertiary/aromatic N) is 4. The lowest BCUT2D eigenvalue weighted by atomic mass is 9.93. The minimum absolute atomic E-state index is 0.00987. The van der Waals surface area contributed by atoms with Gasteiger partial charge in [0.2, 0.25) is 5.91 Å². The zero-order valence-electron chi connectivity index (χ0n) is 19.8. The van der Waals surface area contributed by atoms with Gasteiger partial charge in [0.15, 0.2) is 5.65 Å². The van der Waals surface area contributed by atoms with Gasteiger partial charge in [-0.3, -0.25) is 4.79 Å². The Morgan fingerprint density at radius 3 is 2.89 bits per heavy atom. The number of H-pyrrole nitrogens is 1. The molecule has 0 spiro atoms. The number of pyridine rings is 1. The fourth-order valence-corrected chi connectivity index (χ4v) is 4.36. The van der Waals surface area contributed by atoms with E-state index in [-0.39, 0.29) is 25.9 Å². The van der Waals surface area contributed by atoms with E-state index in [4.69, 9.17) is 4.74 Å². The molecule has 12 heteroatoms. The Hall–Kier alpha value is -4.06. The smallest absolute Gasteiger partial charge is 0.378 e. The molecular weight excluding hydrogens is 487 g/mol. The van der Waals surface area contributed by atoms with Gasteiger partial charge in [-0.25, -0.2) is 19.9 Å². The van der Waals surface area contributed by atoms with E-state index >= 15 is 0 Å². The van der Waals surface area contributed by atoms with Gasteiger partial charge in [-0.1, -0.05) is 6.07 Å². The minimum Gasteiger partial charge on any atom is -0.378 e. The van der Waals surface area contributed by atoms with Gasteiger partial charge in [0.05, 0.1) is 24.8 Å². The average Bonchev–Trinajstić information content (AvgIpc) is 3.35. The zero-order chi connectivity index (χ0) is 26.0. The molecule has 37 heavy (non-hydrogen) atoms. The number of aromatic nitrogens is 5. The second-order valence-corrected chi connectivity index (χ2v) is 8.88. The first-order valence-electron chi connectivity index (χ1n) is 11.7. The summed E-state index contributed by atoms with van der Waals surface area (Å²) in [6.45, 7) is 1.89. The summed E-state index contributed by atoms with van der Waals surface area (Å²) in [6.07, 6.45) is -0.863. The van der Waals surface area contributed by atoms with Gasteiger partial charge in [-0.2, -0.15) is 13.2 Å². The Morgan fingerprint density at radius 1 is 1.19 bits per heavy atom. The van der Waals surface area contributed by atoms with Crippen LogP contribution in [0.4, 0.5) is 30.4 Å². The fourth-order valence-electron chi connectivity index (χ4n) is 4.36. The highest BCUT2D eigenvalue weighted by Gasteiger charge is 2.43. The molecule has 0 bridgehead atoms. The van der Waals surface area contributed by atoms with Gasteiger partial charge in [0.25, 0.3) is 0 Å². The van der Waals surface area contributed by atoms with Crippen LogP contribution in [0.2, 0.25) is 0 Å². The number of aromatic amines is 1. The second kappa shape index (κ2) is 10.1. The van der Waals surface area contributed by atoms with Crippen molar-refractivity contribution in [3.05, 3.63) is 54.7 Å². The summed E-state index contributed by atoms with van der Waals surface area (Å²) < 4.78 is 44.6. The molecule has 0 aliphatic carbocycles. The maximum Gasteiger partial charge on any atom is 0.392 e. The van der Waals surface area contributed by atoms with Crippen LogP contribution < -0.4 is 10.6 Å². The summed E-state index contributed by atoms with van der Waals surface area (Å²) in [5, 5.41) is 6.07. The third-order valence-electron chi connectivity index (χ3n) is 6.30. The van der Waals surface area contributed by atoms with Crippen LogP contribution in [-0.4, -0.2) is 49.7 Å². The number of alkyl halides is 3. The van der Waals surface area contributed by atoms with E-state index < -0.39 is 24.1 Å². The summed E-state index contributed by atoms with van der Waals surface area (Å²) in [6, 6.07) is 8.96. The molecule has 1 aliphatic rings. The summed E-state index contributed by atoms with van der Waals surface area (Å²) in [4.78, 5) is 32.9. The topological polar surface area (TPSA) is 118 Å². The van der Waals surface area contributed by atoms with Crippen LogP contribution >= 0.6 is 0 Å². The van der Waals surface area contributed by atoms with Crippen LogP contribution in [0.5, 0.6) is 0 Å². The molecule has 5 rings (SSSR count). The first-order chi connectivity index (χ1) is 17.8. The van der Waals surface area contributed by atoms with Crippen molar-refractivity contribution in [2.75, 3.05) is 17.2 Å². The van der Waals surface area contributed by atoms with E-state index in [1.165, 1.54) is 6.33 Å². The van der Waals surface area contributed by atoms with Crippen LogP contribution in [0.25, 0.3) is 22.4 Å². The summed E-state index contributed by atoms with van der Waals surface area (Å²) in [7, 11) is 0. The van der Waals surface area contributed by atoms with Crippen molar-refractivity contribution in [1.82, 2.24) is 24.9 Å². The molecule has 1 saturated heterocycles. The quantitative estimate of drug-likeness (QED) is 0.328. The average molecular weight is 512 g/mol. The third kappa shape index (κ3) is 5.53. The number of halogens is 3. The Bertz CT molecular complexity index is 1420. The van der Waals surface area contributed by atoms with Crippen molar-refractivity contribution in [2.45, 2.75) is 38.5 Å². The van der Waals surface area contributed by atoms with Crippen molar-refractivity contribution in [3.63, 3.8) is 0 Å². The predicted molar refractivity (Wildman–Crippen MR) is 131 cm³/mol. The number of aryl methyl sites for hydroxylation is 1. The number of ether oxygens (including phenoxy) is 1. The van der Waals surface area contributed by atoms with Crippen molar-refractivity contribution in [2.24, 2.45) is 5.92 Å². The predicted octanol–water partition coefficient (Wildman–Crippen LogP) is 5.15. The molecule has 0 radical (unpaired) electrons. The SMILES string of the molecule is Cc1ccc(NC(=O)CC2CC(C(F)(F)F)CCO2)cc1Nc1ncccc1-c1ncnc2[nH]cnc12. The number of hydrogen-bond acceptors (Lipinski definition) is 7. The molecule has 3 N–H and O–H groups in total. The molecule has 9 nitrogen and oxygen atoms in total. The van der Waals surface area contributed by atoms with Crippen LogP contribution in [0.3, 0.4) is 0 Å². The van der Waals surface area contributed by atoms with Crippen molar-refractivity contribution in [1.29, 1.82) is 0 Å². The number of amides is 1. The fraction of sp³-hybridized carbons (Fsp3) is 0.320. The molecule has 2 atom stereocenters. The highest BCUT2D eigenvalue weighted by Crippen LogP contribution is 2.36. The lowest BCUT2D eigenvalue weighted by Gasteiger charge is -2.30. The number of carbonyl (C=O) groups is 1. The van der Waals surface area contributed by atoms with Crippen molar-refractivity contribution >= 4 is 34.3 Å². The lowest BCUT2D eigenvalue weighted by molar-refractivity contribution is -0.202. The summed E-state index contributed by atoms with van der Waals surface area (Å²) in [5.74, 6) is -1.33. The van der Waals surface area contributed by atoms with Gasteiger partial charge in [-0.15, -0.1) is 0 Å². The normalized spacial score (nSPS) is 18.1. The van der Waals surface area contributed by atoms with E-state index in [9.17, 15) is 18.0 Å². The number of fused-ring (bicyclic) bond motifs is 1. The van der Waals surface area contributed by atoms with E-state index in [2.05, 4.69) is 35.6 Å². The first kappa shape index (κ1) is 24.6. The monoisotopic (exact) mass is 511 g/mol. The van der Waals surface area contributed by atoms with Gasteiger partial charge >= 0.3 is 6.18 Å². The number of hydrogen-bond donors (Lipinski definition) is 3. The molecule has 192 valence electrons. The number of benzene rings is 1. The van der Waals surface area contributed by atoms with E-state index in [0.717, 1.165) is 5.56 Å². The molecule has 1 aromatic carbocycles. The highest BCUT2D eigenvalue weighted by molar-refractivity contribution is 5.93. The molecule has 1 amide bonds. The first-order valence-corrected chi connectivity index (χ1v) is 11.7. The Balaban J connectivity index is 1.32. The molecule has 1 aliphatic heterocycles. The van der Waals surface area contributed by atoms with Crippen LogP contribution in [0.15, 0.2) is 49.2 Å². The molecule has 1 fully saturated rings. The summed E-state index contributed by atoms with van der Waals surface area (Å²) >= 11 is 0. The van der Waals surface area contributed by atoms with Crippen LogP contribution in [-0.2, 0) is 9.53 Å². The molecule has 4 aromatic rings. The largest absolute Gasteiger partial charge is 0.392 e. The summed E-state index contributed by atoms with van der Waals surface area (Å²) in [5.41, 5.74) is 4.61. The lowest BCUT2D eigenvalue weighted by Crippen LogP contribution is -2.36. The molecule has 3 aromatic heterocycles. The van der Waals surface area contributed by atoms with Gasteiger partial charge < -0.3 is 20.4 Å². The van der Waals surface area contributed by atoms with E-state index in [1.54, 1.807) is 30.7 Å². The van der Waals surface area contributed by atoms with Crippen molar-refractivity contribution in [3.8, 4) is 11.3 Å². The number of imidazole rings is 1. The highest BCUT2D eigenvalue weighted by atomic mass is 19.4. The molecule has 0 saturated carbocycles. The van der Waals surface area contributed by atoms with Crippen LogP contribution in [0, 0.1) is 12.8 Å². The van der Waals surface area contributed by atoms with Gasteiger partial charge in [-0.05, 0) is 49.6 Å². The maximum absolute atomic E-state index is 13.1.